The van der Waals surface area contributed by atoms with Crippen molar-refractivity contribution in [2.24, 2.45) is 0 Å². The summed E-state index contributed by atoms with van der Waals surface area (Å²) in [7, 11) is 0. The number of nitrogens with one attached hydrogen (secondary N) is 1. The van der Waals surface area contributed by atoms with Gasteiger partial charge in [-0.1, -0.05) is 6.07 Å². The van der Waals surface area contributed by atoms with Gasteiger partial charge in [-0.2, -0.15) is 0 Å². The predicted octanol–water partition coefficient (Wildman–Crippen LogP) is 2.00. The molecule has 22 heavy (non-hydrogen) atoms. The molecule has 0 unspecified atom stereocenters. The minimum Gasteiger partial charge on any atom is -0.347 e. The van der Waals surface area contributed by atoms with Crippen molar-refractivity contribution in [1.82, 2.24) is 9.88 Å². The summed E-state index contributed by atoms with van der Waals surface area (Å²) < 4.78 is 1.04. The zero-order chi connectivity index (χ0) is 16.3. The zero-order valence-electron chi connectivity index (χ0n) is 12.1. The number of carbonyl (C=O) groups excluding carboxylic acids is 1. The monoisotopic (exact) mass is 321 g/mol. The highest BCUT2D eigenvalue weighted by Gasteiger charge is 2.16. The van der Waals surface area contributed by atoms with E-state index in [0.717, 1.165) is 21.7 Å². The Hall–Kier alpha value is -2.48. The second-order valence-electron chi connectivity index (χ2n) is 4.87. The normalized spacial score (nSPS) is 11.9. The maximum Gasteiger partial charge on any atom is 0.288 e. The first-order valence-electron chi connectivity index (χ1n) is 6.56. The highest BCUT2D eigenvalue weighted by Crippen LogP contribution is 2.18. The summed E-state index contributed by atoms with van der Waals surface area (Å²) in [4.78, 5) is 35.1. The molecule has 0 spiro atoms. The predicted molar refractivity (Wildman–Crippen MR) is 83.0 cm³/mol. The third kappa shape index (κ3) is 3.59. The molecule has 116 valence electrons. The van der Waals surface area contributed by atoms with E-state index in [1.807, 2.05) is 24.4 Å². The largest absolute Gasteiger partial charge is 0.347 e. The molecular formula is C14H15N3O4S. The van der Waals surface area contributed by atoms with E-state index < -0.39 is 10.5 Å². The highest BCUT2D eigenvalue weighted by atomic mass is 32.1. The van der Waals surface area contributed by atoms with Crippen LogP contribution < -0.4 is 10.9 Å². The molecule has 8 heteroatoms. The maximum absolute atomic E-state index is 12.0. The molecule has 0 saturated carbocycles. The molecule has 0 bridgehead atoms. The van der Waals surface area contributed by atoms with Crippen molar-refractivity contribution in [2.45, 2.75) is 26.4 Å². The lowest BCUT2D eigenvalue weighted by atomic mass is 10.2. The van der Waals surface area contributed by atoms with Gasteiger partial charge in [-0.05, 0) is 25.3 Å². The topological polar surface area (TPSA) is 94.2 Å². The number of thiophene rings is 1. The van der Waals surface area contributed by atoms with Crippen LogP contribution in [0.4, 0.5) is 5.69 Å². The third-order valence-electron chi connectivity index (χ3n) is 3.16. The van der Waals surface area contributed by atoms with E-state index in [4.69, 9.17) is 0 Å². The Morgan fingerprint density at radius 3 is 2.86 bits per heavy atom. The van der Waals surface area contributed by atoms with Crippen molar-refractivity contribution in [3.63, 3.8) is 0 Å². The van der Waals surface area contributed by atoms with Gasteiger partial charge in [0.25, 0.3) is 11.2 Å². The van der Waals surface area contributed by atoms with Crippen LogP contribution in [0.3, 0.4) is 0 Å². The molecule has 1 N–H and O–H groups in total. The number of hydrogen-bond acceptors (Lipinski definition) is 5. The number of carbonyl (C=O) groups is 1. The molecule has 0 aliphatic carbocycles. The van der Waals surface area contributed by atoms with Gasteiger partial charge >= 0.3 is 0 Å². The minimum atomic E-state index is -0.572. The van der Waals surface area contributed by atoms with Crippen LogP contribution in [0.2, 0.25) is 0 Å². The molecule has 0 aliphatic rings. The fourth-order valence-electron chi connectivity index (χ4n) is 2.02. The van der Waals surface area contributed by atoms with Crippen molar-refractivity contribution in [3.8, 4) is 0 Å². The number of aromatic nitrogens is 1. The first-order chi connectivity index (χ1) is 10.4. The molecule has 7 nitrogen and oxygen atoms in total. The summed E-state index contributed by atoms with van der Waals surface area (Å²) in [6.07, 6.45) is 1.10. The molecule has 2 rings (SSSR count). The molecule has 0 fully saturated rings. The standard InChI is InChI=1S/C14H15N3O4S/c1-9-6-14(19)16(7-11(9)17(20)21)8-13(18)15-10(2)12-4-3-5-22-12/h3-7,10H,8H2,1-2H3,(H,15,18)/t10-/m0/s1. The van der Waals surface area contributed by atoms with Gasteiger partial charge in [0.2, 0.25) is 5.91 Å². The Balaban J connectivity index is 2.13. The number of nitro groups is 1. The van der Waals surface area contributed by atoms with Crippen LogP contribution in [0.5, 0.6) is 0 Å². The van der Waals surface area contributed by atoms with Crippen LogP contribution in [0.25, 0.3) is 0 Å². The molecule has 2 heterocycles. The number of hydrogen-bond donors (Lipinski definition) is 1. The van der Waals surface area contributed by atoms with E-state index >= 15 is 0 Å². The SMILES string of the molecule is Cc1cc(=O)n(CC(=O)N[C@@H](C)c2cccs2)cc1[N+](=O)[O-]. The van der Waals surface area contributed by atoms with Crippen molar-refractivity contribution in [1.29, 1.82) is 0 Å². The highest BCUT2D eigenvalue weighted by molar-refractivity contribution is 7.10. The number of amides is 1. The minimum absolute atomic E-state index is 0.177. The van der Waals surface area contributed by atoms with Gasteiger partial charge in [0.05, 0.1) is 17.2 Å². The Labute approximate surface area is 130 Å². The van der Waals surface area contributed by atoms with Crippen LogP contribution in [0.15, 0.2) is 34.6 Å². The zero-order valence-corrected chi connectivity index (χ0v) is 12.9. The number of aryl methyl sites for hydroxylation is 1. The quantitative estimate of drug-likeness (QED) is 0.673. The van der Waals surface area contributed by atoms with E-state index in [-0.39, 0.29) is 29.7 Å². The van der Waals surface area contributed by atoms with Crippen LogP contribution in [0, 0.1) is 17.0 Å². The Bertz CT molecular complexity index is 752. The van der Waals surface area contributed by atoms with Crippen molar-refractivity contribution in [2.75, 3.05) is 0 Å². The first kappa shape index (κ1) is 15.9. The molecule has 2 aromatic heterocycles. The van der Waals surface area contributed by atoms with Gasteiger partial charge in [-0.25, -0.2) is 0 Å². The van der Waals surface area contributed by atoms with Crippen LogP contribution in [-0.2, 0) is 11.3 Å². The van der Waals surface area contributed by atoms with Crippen LogP contribution in [0.1, 0.15) is 23.4 Å². The fourth-order valence-corrected chi connectivity index (χ4v) is 2.75. The molecular weight excluding hydrogens is 306 g/mol. The van der Waals surface area contributed by atoms with Gasteiger partial charge in [0.15, 0.2) is 0 Å². The van der Waals surface area contributed by atoms with E-state index in [2.05, 4.69) is 5.32 Å². The second-order valence-corrected chi connectivity index (χ2v) is 5.85. The first-order valence-corrected chi connectivity index (χ1v) is 7.44. The number of nitrogens with zero attached hydrogens (tertiary/aromatic N) is 2. The molecule has 0 aromatic carbocycles. The van der Waals surface area contributed by atoms with Gasteiger partial charge in [0.1, 0.15) is 6.54 Å². The average molecular weight is 321 g/mol. The molecule has 0 radical (unpaired) electrons. The third-order valence-corrected chi connectivity index (χ3v) is 4.22. The summed E-state index contributed by atoms with van der Waals surface area (Å²) in [5.74, 6) is -0.374. The van der Waals surface area contributed by atoms with Gasteiger partial charge in [0, 0.05) is 16.5 Å². The summed E-state index contributed by atoms with van der Waals surface area (Å²) in [6.45, 7) is 3.07. The van der Waals surface area contributed by atoms with E-state index in [0.29, 0.717) is 0 Å². The number of pyridine rings is 1. The summed E-state index contributed by atoms with van der Waals surface area (Å²) in [5, 5.41) is 15.6. The van der Waals surface area contributed by atoms with Gasteiger partial charge in [-0.3, -0.25) is 24.3 Å². The van der Waals surface area contributed by atoms with Crippen molar-refractivity contribution >= 4 is 22.9 Å². The Morgan fingerprint density at radius 2 is 2.27 bits per heavy atom. The molecule has 1 atom stereocenters. The second kappa shape index (κ2) is 6.52. The van der Waals surface area contributed by atoms with Gasteiger partial charge in [-0.15, -0.1) is 11.3 Å². The van der Waals surface area contributed by atoms with E-state index in [1.165, 1.54) is 18.3 Å². The lowest BCUT2D eigenvalue weighted by Gasteiger charge is -2.13. The van der Waals surface area contributed by atoms with Crippen LogP contribution >= 0.6 is 11.3 Å². The van der Waals surface area contributed by atoms with Crippen molar-refractivity contribution in [3.05, 3.63) is 60.7 Å². The Kier molecular flexibility index (Phi) is 4.71. The molecule has 2 aromatic rings. The summed E-state index contributed by atoms with van der Waals surface area (Å²) in [5.41, 5.74) is -0.348. The lowest BCUT2D eigenvalue weighted by molar-refractivity contribution is -0.385. The molecule has 1 amide bonds. The summed E-state index contributed by atoms with van der Waals surface area (Å²) in [6, 6.07) is 4.77. The fraction of sp³-hybridized carbons (Fsp3) is 0.286. The average Bonchev–Trinajstić information content (AvgIpc) is 2.95. The van der Waals surface area contributed by atoms with Gasteiger partial charge < -0.3 is 5.32 Å². The number of rotatable bonds is 5. The Morgan fingerprint density at radius 1 is 1.55 bits per heavy atom. The smallest absolute Gasteiger partial charge is 0.288 e. The van der Waals surface area contributed by atoms with Crippen molar-refractivity contribution < 1.29 is 9.72 Å². The van der Waals surface area contributed by atoms with E-state index in [1.54, 1.807) is 0 Å². The molecule has 0 aliphatic heterocycles. The summed E-state index contributed by atoms with van der Waals surface area (Å²) >= 11 is 1.52. The lowest BCUT2D eigenvalue weighted by Crippen LogP contribution is -2.33. The maximum atomic E-state index is 12.0. The van der Waals surface area contributed by atoms with E-state index in [9.17, 15) is 19.7 Å². The van der Waals surface area contributed by atoms with Crippen LogP contribution in [-0.4, -0.2) is 15.4 Å². The molecule has 0 saturated heterocycles.